The Morgan fingerprint density at radius 1 is 1.48 bits per heavy atom. The van der Waals surface area contributed by atoms with Crippen LogP contribution in [0.2, 0.25) is 0 Å². The molecule has 0 atom stereocenters. The minimum atomic E-state index is -0.244. The van der Waals surface area contributed by atoms with E-state index in [1.54, 1.807) is 7.05 Å². The summed E-state index contributed by atoms with van der Waals surface area (Å²) in [6.45, 7) is 3.14. The Morgan fingerprint density at radius 2 is 2.29 bits per heavy atom. The van der Waals surface area contributed by atoms with Crippen molar-refractivity contribution in [2.75, 3.05) is 24.7 Å². The molecule has 6 nitrogen and oxygen atoms in total. The van der Waals surface area contributed by atoms with E-state index in [9.17, 15) is 4.79 Å². The number of aromatic nitrogens is 1. The van der Waals surface area contributed by atoms with Crippen LogP contribution < -0.4 is 21.1 Å². The van der Waals surface area contributed by atoms with Crippen LogP contribution in [0.1, 0.15) is 22.8 Å². The van der Waals surface area contributed by atoms with Crippen molar-refractivity contribution in [1.29, 1.82) is 0 Å². The van der Waals surface area contributed by atoms with E-state index in [0.717, 1.165) is 11.3 Å². The fourth-order valence-electron chi connectivity index (χ4n) is 1.86. The van der Waals surface area contributed by atoms with Gasteiger partial charge in [0.1, 0.15) is 16.3 Å². The van der Waals surface area contributed by atoms with Crippen LogP contribution in [0.3, 0.4) is 0 Å². The molecule has 0 fully saturated rings. The quantitative estimate of drug-likeness (QED) is 0.760. The fraction of sp³-hybridized carbons (Fsp3) is 0.286. The molecule has 1 heterocycles. The number of ether oxygens (including phenoxy) is 1. The molecule has 7 heteroatoms. The molecule has 2 rings (SSSR count). The lowest BCUT2D eigenvalue weighted by Crippen LogP contribution is -2.20. The monoisotopic (exact) mass is 306 g/mol. The van der Waals surface area contributed by atoms with Crippen LogP contribution in [-0.2, 0) is 6.54 Å². The number of rotatable bonds is 6. The third kappa shape index (κ3) is 3.63. The first kappa shape index (κ1) is 15.1. The normalized spacial score (nSPS) is 10.2. The largest absolute Gasteiger partial charge is 0.494 e. The van der Waals surface area contributed by atoms with E-state index in [0.29, 0.717) is 23.7 Å². The van der Waals surface area contributed by atoms with Crippen LogP contribution in [0.25, 0.3) is 0 Å². The summed E-state index contributed by atoms with van der Waals surface area (Å²) in [4.78, 5) is 11.8. The van der Waals surface area contributed by atoms with Gasteiger partial charge < -0.3 is 21.1 Å². The van der Waals surface area contributed by atoms with Gasteiger partial charge in [0.15, 0.2) is 5.82 Å². The van der Waals surface area contributed by atoms with Gasteiger partial charge in [0.05, 0.1) is 6.61 Å². The zero-order chi connectivity index (χ0) is 15.2. The number of nitrogens with one attached hydrogen (secondary N) is 2. The Balaban J connectivity index is 2.10. The highest BCUT2D eigenvalue weighted by Gasteiger charge is 2.17. The van der Waals surface area contributed by atoms with E-state index in [1.807, 2.05) is 31.2 Å². The lowest BCUT2D eigenvalue weighted by Gasteiger charge is -2.08. The summed E-state index contributed by atoms with van der Waals surface area (Å²) >= 11 is 1.18. The number of benzene rings is 1. The third-order valence-electron chi connectivity index (χ3n) is 2.84. The minimum absolute atomic E-state index is 0.241. The Bertz CT molecular complexity index is 627. The van der Waals surface area contributed by atoms with Gasteiger partial charge in [-0.25, -0.2) is 0 Å². The Labute approximate surface area is 127 Å². The molecule has 0 spiro atoms. The molecule has 21 heavy (non-hydrogen) atoms. The summed E-state index contributed by atoms with van der Waals surface area (Å²) < 4.78 is 9.48. The molecule has 0 unspecified atom stereocenters. The van der Waals surface area contributed by atoms with Crippen molar-refractivity contribution in [3.8, 4) is 5.75 Å². The number of hydrogen-bond acceptors (Lipinski definition) is 6. The van der Waals surface area contributed by atoms with Gasteiger partial charge in [0.25, 0.3) is 5.91 Å². The van der Waals surface area contributed by atoms with E-state index >= 15 is 0 Å². The zero-order valence-electron chi connectivity index (χ0n) is 12.0. The molecule has 0 saturated carbocycles. The maximum absolute atomic E-state index is 11.8. The van der Waals surface area contributed by atoms with Crippen LogP contribution in [0.5, 0.6) is 5.75 Å². The third-order valence-corrected chi connectivity index (χ3v) is 3.65. The molecule has 2 aromatic rings. The molecule has 0 radical (unpaired) electrons. The van der Waals surface area contributed by atoms with Crippen molar-refractivity contribution < 1.29 is 9.53 Å². The van der Waals surface area contributed by atoms with Crippen LogP contribution in [0.4, 0.5) is 10.8 Å². The molecule has 0 bridgehead atoms. The predicted octanol–water partition coefficient (Wildman–Crippen LogP) is 2.10. The van der Waals surface area contributed by atoms with Crippen LogP contribution in [-0.4, -0.2) is 23.9 Å². The van der Waals surface area contributed by atoms with Gasteiger partial charge in [-0.05, 0) is 36.2 Å². The highest BCUT2D eigenvalue weighted by Crippen LogP contribution is 2.27. The molecule has 0 aliphatic rings. The van der Waals surface area contributed by atoms with Gasteiger partial charge in [-0.15, -0.1) is 0 Å². The molecule has 0 aliphatic heterocycles. The number of carbonyl (C=O) groups is 1. The summed E-state index contributed by atoms with van der Waals surface area (Å²) in [6, 6.07) is 7.79. The van der Waals surface area contributed by atoms with E-state index in [2.05, 4.69) is 15.0 Å². The maximum Gasteiger partial charge on any atom is 0.257 e. The standard InChI is InChI=1S/C14H18N4O2S/c1-3-20-10-6-4-5-9(7-10)8-17-14-11(13(19)16-2)12(15)18-21-14/h4-7,17H,3,8H2,1-2H3,(H2,15,18)(H,16,19). The van der Waals surface area contributed by atoms with E-state index in [-0.39, 0.29) is 11.7 Å². The second-order valence-electron chi connectivity index (χ2n) is 4.29. The topological polar surface area (TPSA) is 89.3 Å². The van der Waals surface area contributed by atoms with Gasteiger partial charge >= 0.3 is 0 Å². The average molecular weight is 306 g/mol. The van der Waals surface area contributed by atoms with Crippen molar-refractivity contribution >= 4 is 28.3 Å². The van der Waals surface area contributed by atoms with Crippen LogP contribution in [0.15, 0.2) is 24.3 Å². The summed E-state index contributed by atoms with van der Waals surface area (Å²) in [5.41, 5.74) is 7.17. The number of nitrogens with two attached hydrogens (primary N) is 1. The molecule has 1 amide bonds. The summed E-state index contributed by atoms with van der Waals surface area (Å²) in [5.74, 6) is 0.823. The van der Waals surface area contributed by atoms with Gasteiger partial charge in [0.2, 0.25) is 0 Å². The molecule has 1 aromatic heterocycles. The van der Waals surface area contributed by atoms with Crippen molar-refractivity contribution in [3.63, 3.8) is 0 Å². The maximum atomic E-state index is 11.8. The number of carbonyl (C=O) groups excluding carboxylic acids is 1. The Hall–Kier alpha value is -2.28. The molecule has 4 N–H and O–H groups in total. The summed E-state index contributed by atoms with van der Waals surface area (Å²) in [5, 5.41) is 6.42. The zero-order valence-corrected chi connectivity index (χ0v) is 12.8. The molecule has 0 aliphatic carbocycles. The SMILES string of the molecule is CCOc1cccc(CNc2snc(N)c2C(=O)NC)c1. The Kier molecular flexibility index (Phi) is 4.99. The summed E-state index contributed by atoms with van der Waals surface area (Å²) in [6.07, 6.45) is 0. The second kappa shape index (κ2) is 6.94. The lowest BCUT2D eigenvalue weighted by molar-refractivity contribution is 0.0965. The van der Waals surface area contributed by atoms with E-state index < -0.39 is 0 Å². The van der Waals surface area contributed by atoms with Gasteiger partial charge in [-0.3, -0.25) is 4.79 Å². The van der Waals surface area contributed by atoms with Crippen molar-refractivity contribution in [1.82, 2.24) is 9.69 Å². The number of anilines is 2. The number of nitrogen functional groups attached to an aromatic ring is 1. The molecular weight excluding hydrogens is 288 g/mol. The number of amides is 1. The van der Waals surface area contributed by atoms with Gasteiger partial charge in [0, 0.05) is 13.6 Å². The highest BCUT2D eigenvalue weighted by molar-refractivity contribution is 7.11. The van der Waals surface area contributed by atoms with Gasteiger partial charge in [-0.1, -0.05) is 12.1 Å². The molecule has 1 aromatic carbocycles. The highest BCUT2D eigenvalue weighted by atomic mass is 32.1. The average Bonchev–Trinajstić information content (AvgIpc) is 2.86. The molecule has 0 saturated heterocycles. The molecule has 112 valence electrons. The van der Waals surface area contributed by atoms with Crippen LogP contribution >= 0.6 is 11.5 Å². The Morgan fingerprint density at radius 3 is 3.00 bits per heavy atom. The lowest BCUT2D eigenvalue weighted by atomic mass is 10.2. The van der Waals surface area contributed by atoms with Gasteiger partial charge in [-0.2, -0.15) is 4.37 Å². The van der Waals surface area contributed by atoms with Crippen LogP contribution in [0, 0.1) is 0 Å². The van der Waals surface area contributed by atoms with E-state index in [1.165, 1.54) is 11.5 Å². The fourth-order valence-corrected chi connectivity index (χ4v) is 2.57. The van der Waals surface area contributed by atoms with Crippen molar-refractivity contribution in [2.24, 2.45) is 0 Å². The number of hydrogen-bond donors (Lipinski definition) is 3. The van der Waals surface area contributed by atoms with Crippen molar-refractivity contribution in [2.45, 2.75) is 13.5 Å². The summed E-state index contributed by atoms with van der Waals surface area (Å²) in [7, 11) is 1.56. The second-order valence-corrected chi connectivity index (χ2v) is 5.06. The van der Waals surface area contributed by atoms with E-state index in [4.69, 9.17) is 10.5 Å². The first-order chi connectivity index (χ1) is 10.2. The smallest absolute Gasteiger partial charge is 0.257 e. The first-order valence-corrected chi connectivity index (χ1v) is 7.35. The number of nitrogens with zero attached hydrogens (tertiary/aromatic N) is 1. The predicted molar refractivity (Wildman–Crippen MR) is 84.9 cm³/mol. The first-order valence-electron chi connectivity index (χ1n) is 6.58. The minimum Gasteiger partial charge on any atom is -0.494 e. The molecular formula is C14H18N4O2S. The van der Waals surface area contributed by atoms with Crippen molar-refractivity contribution in [3.05, 3.63) is 35.4 Å².